The van der Waals surface area contributed by atoms with Gasteiger partial charge in [0.25, 0.3) is 0 Å². The van der Waals surface area contributed by atoms with E-state index in [0.29, 0.717) is 0 Å². The Morgan fingerprint density at radius 2 is 2.11 bits per heavy atom. The van der Waals surface area contributed by atoms with E-state index in [0.717, 1.165) is 23.6 Å². The maximum atomic E-state index is 5.18. The molecule has 102 valence electrons. The Balaban J connectivity index is 2.14. The summed E-state index contributed by atoms with van der Waals surface area (Å²) in [4.78, 5) is 0. The SMILES string of the molecule is CCC(N=Nc1cccc(OC)c1)=C1SCCCS1. The van der Waals surface area contributed by atoms with Crippen molar-refractivity contribution < 1.29 is 4.74 Å². The number of hydrogen-bond donors (Lipinski definition) is 0. The second kappa shape index (κ2) is 7.60. The fourth-order valence-corrected chi connectivity index (χ4v) is 4.31. The first-order chi connectivity index (χ1) is 9.33. The van der Waals surface area contributed by atoms with Crippen molar-refractivity contribution in [1.29, 1.82) is 0 Å². The standard InChI is InChI=1S/C14H18N2OS2/c1-3-13(14-18-8-5-9-19-14)16-15-11-6-4-7-12(10-11)17-2/h4,6-7,10H,3,5,8-9H2,1-2H3. The first kappa shape index (κ1) is 14.5. The molecular formula is C14H18N2OS2. The average molecular weight is 294 g/mol. The second-order valence-electron chi connectivity index (χ2n) is 4.04. The molecule has 0 aromatic heterocycles. The molecule has 1 heterocycles. The van der Waals surface area contributed by atoms with Crippen LogP contribution >= 0.6 is 23.5 Å². The molecule has 0 amide bonds. The van der Waals surface area contributed by atoms with Gasteiger partial charge >= 0.3 is 0 Å². The van der Waals surface area contributed by atoms with Crippen LogP contribution in [0.4, 0.5) is 5.69 Å². The van der Waals surface area contributed by atoms with Gasteiger partial charge in [0, 0.05) is 6.07 Å². The molecule has 0 bridgehead atoms. The van der Waals surface area contributed by atoms with Gasteiger partial charge < -0.3 is 4.74 Å². The highest BCUT2D eigenvalue weighted by Gasteiger charge is 2.11. The van der Waals surface area contributed by atoms with Gasteiger partial charge in [-0.15, -0.1) is 23.5 Å². The van der Waals surface area contributed by atoms with Crippen LogP contribution in [-0.4, -0.2) is 18.6 Å². The molecule has 1 fully saturated rings. The van der Waals surface area contributed by atoms with E-state index in [-0.39, 0.29) is 0 Å². The smallest absolute Gasteiger partial charge is 0.121 e. The monoisotopic (exact) mass is 294 g/mol. The Labute approximate surface area is 122 Å². The number of methoxy groups -OCH3 is 1. The number of allylic oxidation sites excluding steroid dienone is 1. The van der Waals surface area contributed by atoms with Gasteiger partial charge in [0.2, 0.25) is 0 Å². The molecule has 0 atom stereocenters. The zero-order valence-electron chi connectivity index (χ0n) is 11.3. The highest BCUT2D eigenvalue weighted by atomic mass is 32.2. The first-order valence-electron chi connectivity index (χ1n) is 6.38. The van der Waals surface area contributed by atoms with Crippen LogP contribution in [0.5, 0.6) is 5.75 Å². The van der Waals surface area contributed by atoms with Gasteiger partial charge in [0.1, 0.15) is 5.75 Å². The van der Waals surface area contributed by atoms with E-state index < -0.39 is 0 Å². The third kappa shape index (κ3) is 4.28. The highest BCUT2D eigenvalue weighted by Crippen LogP contribution is 2.38. The molecular weight excluding hydrogens is 276 g/mol. The van der Waals surface area contributed by atoms with Crippen LogP contribution in [0.25, 0.3) is 0 Å². The Morgan fingerprint density at radius 3 is 2.79 bits per heavy atom. The van der Waals surface area contributed by atoms with Crippen LogP contribution in [0.15, 0.2) is 44.4 Å². The van der Waals surface area contributed by atoms with E-state index in [9.17, 15) is 0 Å². The molecule has 0 spiro atoms. The van der Waals surface area contributed by atoms with Crippen molar-refractivity contribution in [3.8, 4) is 5.75 Å². The number of thioether (sulfide) groups is 2. The van der Waals surface area contributed by atoms with E-state index in [2.05, 4.69) is 17.2 Å². The molecule has 2 rings (SSSR count). The summed E-state index contributed by atoms with van der Waals surface area (Å²) in [5.41, 5.74) is 1.93. The molecule has 0 aliphatic carbocycles. The van der Waals surface area contributed by atoms with Crippen molar-refractivity contribution in [2.45, 2.75) is 19.8 Å². The molecule has 19 heavy (non-hydrogen) atoms. The van der Waals surface area contributed by atoms with Crippen LogP contribution < -0.4 is 4.74 Å². The van der Waals surface area contributed by atoms with E-state index in [1.165, 1.54) is 22.2 Å². The lowest BCUT2D eigenvalue weighted by Crippen LogP contribution is -1.94. The van der Waals surface area contributed by atoms with E-state index >= 15 is 0 Å². The average Bonchev–Trinajstić information content (AvgIpc) is 2.49. The number of benzene rings is 1. The highest BCUT2D eigenvalue weighted by molar-refractivity contribution is 8.22. The summed E-state index contributed by atoms with van der Waals surface area (Å²) in [6, 6.07) is 7.66. The minimum absolute atomic E-state index is 0.809. The van der Waals surface area contributed by atoms with Crippen LogP contribution in [0.1, 0.15) is 19.8 Å². The lowest BCUT2D eigenvalue weighted by Gasteiger charge is -2.14. The number of nitrogens with zero attached hydrogens (tertiary/aromatic N) is 2. The number of azo groups is 1. The van der Waals surface area contributed by atoms with Crippen molar-refractivity contribution in [3.63, 3.8) is 0 Å². The van der Waals surface area contributed by atoms with Gasteiger partial charge in [0.15, 0.2) is 0 Å². The number of ether oxygens (including phenoxy) is 1. The molecule has 1 aromatic carbocycles. The molecule has 0 radical (unpaired) electrons. The third-order valence-corrected chi connectivity index (χ3v) is 5.35. The van der Waals surface area contributed by atoms with Gasteiger partial charge in [-0.25, -0.2) is 0 Å². The van der Waals surface area contributed by atoms with Crippen molar-refractivity contribution in [1.82, 2.24) is 0 Å². The second-order valence-corrected chi connectivity index (χ2v) is 6.51. The van der Waals surface area contributed by atoms with Gasteiger partial charge in [-0.1, -0.05) is 13.0 Å². The van der Waals surface area contributed by atoms with Crippen molar-refractivity contribution in [2.75, 3.05) is 18.6 Å². The van der Waals surface area contributed by atoms with Gasteiger partial charge in [-0.3, -0.25) is 0 Å². The van der Waals surface area contributed by atoms with Gasteiger partial charge in [0.05, 0.1) is 22.7 Å². The summed E-state index contributed by atoms with van der Waals surface area (Å²) in [6.45, 7) is 2.13. The number of hydrogen-bond acceptors (Lipinski definition) is 5. The maximum Gasteiger partial charge on any atom is 0.121 e. The zero-order valence-corrected chi connectivity index (χ0v) is 12.9. The Kier molecular flexibility index (Phi) is 5.79. The van der Waals surface area contributed by atoms with Crippen LogP contribution in [0.2, 0.25) is 0 Å². The fraction of sp³-hybridized carbons (Fsp3) is 0.429. The summed E-state index contributed by atoms with van der Waals surface area (Å²) in [5, 5.41) is 8.74. The molecule has 3 nitrogen and oxygen atoms in total. The van der Waals surface area contributed by atoms with Crippen molar-refractivity contribution in [2.24, 2.45) is 10.2 Å². The van der Waals surface area contributed by atoms with Crippen LogP contribution in [-0.2, 0) is 0 Å². The van der Waals surface area contributed by atoms with Gasteiger partial charge in [-0.2, -0.15) is 10.2 Å². The lowest BCUT2D eigenvalue weighted by atomic mass is 10.3. The van der Waals surface area contributed by atoms with E-state index in [1.807, 2.05) is 47.8 Å². The Bertz CT molecular complexity index is 478. The predicted molar refractivity (Wildman–Crippen MR) is 84.4 cm³/mol. The van der Waals surface area contributed by atoms with Crippen LogP contribution in [0, 0.1) is 0 Å². The normalized spacial score (nSPS) is 15.8. The van der Waals surface area contributed by atoms with Crippen molar-refractivity contribution >= 4 is 29.2 Å². The summed E-state index contributed by atoms with van der Waals surface area (Å²) in [6.07, 6.45) is 2.20. The zero-order chi connectivity index (χ0) is 13.5. The lowest BCUT2D eigenvalue weighted by molar-refractivity contribution is 0.415. The fourth-order valence-electron chi connectivity index (χ4n) is 1.64. The summed E-state index contributed by atoms with van der Waals surface area (Å²) in [5.74, 6) is 3.20. The first-order valence-corrected chi connectivity index (χ1v) is 8.35. The van der Waals surface area contributed by atoms with Crippen LogP contribution in [0.3, 0.4) is 0 Å². The minimum atomic E-state index is 0.809. The molecule has 5 heteroatoms. The minimum Gasteiger partial charge on any atom is -0.497 e. The molecule has 0 N–H and O–H groups in total. The van der Waals surface area contributed by atoms with Crippen molar-refractivity contribution in [3.05, 3.63) is 34.2 Å². The summed E-state index contributed by atoms with van der Waals surface area (Å²) < 4.78 is 6.52. The quantitative estimate of drug-likeness (QED) is 0.713. The number of rotatable bonds is 4. The summed E-state index contributed by atoms with van der Waals surface area (Å²) in [7, 11) is 1.66. The topological polar surface area (TPSA) is 34.0 Å². The molecule has 1 aromatic rings. The molecule has 1 aliphatic rings. The Hall–Kier alpha value is -0.940. The third-order valence-electron chi connectivity index (χ3n) is 2.67. The van der Waals surface area contributed by atoms with E-state index in [1.54, 1.807) is 7.11 Å². The molecule has 0 saturated carbocycles. The Morgan fingerprint density at radius 1 is 1.32 bits per heavy atom. The molecule has 1 saturated heterocycles. The molecule has 0 unspecified atom stereocenters. The summed E-state index contributed by atoms with van der Waals surface area (Å²) >= 11 is 3.81. The predicted octanol–water partition coefficient (Wildman–Crippen LogP) is 5.23. The van der Waals surface area contributed by atoms with E-state index in [4.69, 9.17) is 4.74 Å². The molecule has 1 aliphatic heterocycles. The largest absolute Gasteiger partial charge is 0.497 e. The maximum absolute atomic E-state index is 5.18. The van der Waals surface area contributed by atoms with Gasteiger partial charge in [-0.05, 0) is 36.5 Å².